The van der Waals surface area contributed by atoms with Crippen LogP contribution >= 0.6 is 11.6 Å². The third kappa shape index (κ3) is 3.48. The van der Waals surface area contributed by atoms with Gasteiger partial charge in [-0.25, -0.2) is 9.59 Å². The van der Waals surface area contributed by atoms with Crippen LogP contribution in [0.3, 0.4) is 0 Å². The lowest BCUT2D eigenvalue weighted by molar-refractivity contribution is 0.0735. The number of rotatable bonds is 3. The number of halogens is 1. The molecule has 0 amide bonds. The van der Waals surface area contributed by atoms with Gasteiger partial charge in [-0.05, 0) is 35.9 Å². The van der Waals surface area contributed by atoms with Crippen LogP contribution in [0.25, 0.3) is 22.1 Å². The molecular weight excluding hydrogens is 364 g/mol. The lowest BCUT2D eigenvalue weighted by atomic mass is 10.1. The quantitative estimate of drug-likeness (QED) is 0.275. The van der Waals surface area contributed by atoms with Crippen molar-refractivity contribution >= 4 is 28.5 Å². The van der Waals surface area contributed by atoms with Crippen LogP contribution in [0, 0.1) is 0 Å². The predicted molar refractivity (Wildman–Crippen MR) is 104 cm³/mol. The maximum Gasteiger partial charge on any atom is 0.345 e. The molecule has 0 aliphatic heterocycles. The van der Waals surface area contributed by atoms with Crippen molar-refractivity contribution in [1.29, 1.82) is 0 Å². The van der Waals surface area contributed by atoms with E-state index >= 15 is 0 Å². The lowest BCUT2D eigenvalue weighted by Gasteiger charge is -2.07. The number of esters is 1. The third-order valence-electron chi connectivity index (χ3n) is 4.10. The number of ether oxygens (including phenoxy) is 1. The van der Waals surface area contributed by atoms with Crippen LogP contribution in [0.1, 0.15) is 10.4 Å². The first-order valence-electron chi connectivity index (χ1n) is 8.22. The maximum atomic E-state index is 12.3. The summed E-state index contributed by atoms with van der Waals surface area (Å²) in [7, 11) is 0. The molecule has 0 radical (unpaired) electrons. The summed E-state index contributed by atoms with van der Waals surface area (Å²) in [6.45, 7) is 0. The number of carbonyl (C=O) groups excluding carboxylic acids is 1. The van der Waals surface area contributed by atoms with Crippen molar-refractivity contribution < 1.29 is 13.9 Å². The van der Waals surface area contributed by atoms with E-state index < -0.39 is 11.6 Å². The van der Waals surface area contributed by atoms with E-state index in [1.165, 1.54) is 6.07 Å². The summed E-state index contributed by atoms with van der Waals surface area (Å²) >= 11 is 6.02. The molecule has 0 atom stereocenters. The molecule has 4 aromatic rings. The van der Waals surface area contributed by atoms with Gasteiger partial charge in [0.05, 0.1) is 16.1 Å². The molecule has 0 N–H and O–H groups in total. The molecule has 5 heteroatoms. The highest BCUT2D eigenvalue weighted by Crippen LogP contribution is 2.25. The summed E-state index contributed by atoms with van der Waals surface area (Å²) in [5.74, 6) is -0.314. The Hall–Kier alpha value is -3.37. The Morgan fingerprint density at radius 2 is 1.63 bits per heavy atom. The molecule has 4 rings (SSSR count). The van der Waals surface area contributed by atoms with Crippen molar-refractivity contribution in [1.82, 2.24) is 0 Å². The van der Waals surface area contributed by atoms with E-state index in [2.05, 4.69) is 0 Å². The number of benzene rings is 3. The zero-order valence-electron chi connectivity index (χ0n) is 14.0. The minimum Gasteiger partial charge on any atom is -0.423 e. The van der Waals surface area contributed by atoms with Gasteiger partial charge in [-0.1, -0.05) is 54.1 Å². The third-order valence-corrected chi connectivity index (χ3v) is 4.43. The zero-order chi connectivity index (χ0) is 18.8. The monoisotopic (exact) mass is 376 g/mol. The van der Waals surface area contributed by atoms with Crippen LogP contribution in [-0.2, 0) is 0 Å². The maximum absolute atomic E-state index is 12.3. The highest BCUT2D eigenvalue weighted by Gasteiger charge is 2.14. The van der Waals surface area contributed by atoms with Crippen LogP contribution in [0.5, 0.6) is 5.75 Å². The average molecular weight is 377 g/mol. The molecule has 4 nitrogen and oxygen atoms in total. The Kier molecular flexibility index (Phi) is 4.48. The SMILES string of the molecule is O=C(Oc1ccc2cc(-c3ccccc3)c(=O)oc2c1)c1ccccc1Cl. The highest BCUT2D eigenvalue weighted by atomic mass is 35.5. The van der Waals surface area contributed by atoms with Crippen molar-refractivity contribution in [2.75, 3.05) is 0 Å². The standard InChI is InChI=1S/C22H13ClO4/c23-19-9-5-4-8-17(19)21(24)26-16-11-10-15-12-18(14-6-2-1-3-7-14)22(25)27-20(15)13-16/h1-13H. The Bertz CT molecular complexity index is 1200. The van der Waals surface area contributed by atoms with Gasteiger partial charge in [0.1, 0.15) is 11.3 Å². The van der Waals surface area contributed by atoms with Gasteiger partial charge in [0, 0.05) is 11.5 Å². The van der Waals surface area contributed by atoms with Gasteiger partial charge in [0.15, 0.2) is 0 Å². The largest absolute Gasteiger partial charge is 0.423 e. The van der Waals surface area contributed by atoms with E-state index in [1.54, 1.807) is 42.5 Å². The molecule has 3 aromatic carbocycles. The Morgan fingerprint density at radius 1 is 0.889 bits per heavy atom. The smallest absolute Gasteiger partial charge is 0.345 e. The molecule has 132 valence electrons. The van der Waals surface area contributed by atoms with Gasteiger partial charge in [0.2, 0.25) is 0 Å². The highest BCUT2D eigenvalue weighted by molar-refractivity contribution is 6.33. The van der Waals surface area contributed by atoms with Gasteiger partial charge in [-0.2, -0.15) is 0 Å². The van der Waals surface area contributed by atoms with Crippen molar-refractivity contribution in [2.24, 2.45) is 0 Å². The summed E-state index contributed by atoms with van der Waals surface area (Å²) in [5, 5.41) is 1.04. The Balaban J connectivity index is 1.68. The fraction of sp³-hybridized carbons (Fsp3) is 0. The topological polar surface area (TPSA) is 56.5 Å². The van der Waals surface area contributed by atoms with E-state index in [4.69, 9.17) is 20.8 Å². The molecule has 0 saturated heterocycles. The van der Waals surface area contributed by atoms with Crippen molar-refractivity contribution in [3.63, 3.8) is 0 Å². The fourth-order valence-electron chi connectivity index (χ4n) is 2.76. The first kappa shape index (κ1) is 17.1. The van der Waals surface area contributed by atoms with E-state index in [-0.39, 0.29) is 11.3 Å². The molecule has 0 aliphatic carbocycles. The minimum absolute atomic E-state index is 0.264. The van der Waals surface area contributed by atoms with Crippen molar-refractivity contribution in [2.45, 2.75) is 0 Å². The van der Waals surface area contributed by atoms with Gasteiger partial charge < -0.3 is 9.15 Å². The average Bonchev–Trinajstić information content (AvgIpc) is 2.68. The van der Waals surface area contributed by atoms with E-state index in [1.807, 2.05) is 30.3 Å². The van der Waals surface area contributed by atoms with Gasteiger partial charge >= 0.3 is 11.6 Å². The van der Waals surface area contributed by atoms with Crippen LogP contribution < -0.4 is 10.4 Å². The molecule has 1 heterocycles. The Morgan fingerprint density at radius 3 is 2.41 bits per heavy atom. The second-order valence-electron chi connectivity index (χ2n) is 5.88. The predicted octanol–water partition coefficient (Wildman–Crippen LogP) is 5.33. The molecule has 0 aliphatic rings. The molecule has 27 heavy (non-hydrogen) atoms. The molecule has 0 spiro atoms. The van der Waals surface area contributed by atoms with Crippen LogP contribution in [0.15, 0.2) is 88.1 Å². The molecule has 0 saturated carbocycles. The van der Waals surface area contributed by atoms with Crippen molar-refractivity contribution in [3.8, 4) is 16.9 Å². The van der Waals surface area contributed by atoms with Gasteiger partial charge in [-0.3, -0.25) is 0 Å². The fourth-order valence-corrected chi connectivity index (χ4v) is 2.98. The molecule has 0 unspecified atom stereocenters. The van der Waals surface area contributed by atoms with Gasteiger partial charge in [0.25, 0.3) is 0 Å². The summed E-state index contributed by atoms with van der Waals surface area (Å²) < 4.78 is 10.8. The lowest BCUT2D eigenvalue weighted by Crippen LogP contribution is -2.09. The number of fused-ring (bicyclic) bond motifs is 1. The number of hydrogen-bond acceptors (Lipinski definition) is 4. The van der Waals surface area contributed by atoms with Crippen LogP contribution in [0.2, 0.25) is 5.02 Å². The molecular formula is C22H13ClO4. The number of carbonyl (C=O) groups is 1. The zero-order valence-corrected chi connectivity index (χ0v) is 14.8. The van der Waals surface area contributed by atoms with E-state index in [9.17, 15) is 9.59 Å². The normalized spacial score (nSPS) is 10.7. The first-order valence-corrected chi connectivity index (χ1v) is 8.60. The molecule has 1 aromatic heterocycles. The van der Waals surface area contributed by atoms with Gasteiger partial charge in [-0.15, -0.1) is 0 Å². The summed E-state index contributed by atoms with van der Waals surface area (Å²) in [6.07, 6.45) is 0. The van der Waals surface area contributed by atoms with E-state index in [0.717, 1.165) is 10.9 Å². The minimum atomic E-state index is -0.580. The molecule has 0 bridgehead atoms. The molecule has 0 fully saturated rings. The summed E-state index contributed by atoms with van der Waals surface area (Å²) in [5.41, 5.74) is 1.40. The second-order valence-corrected chi connectivity index (χ2v) is 6.29. The Labute approximate surface area is 159 Å². The van der Waals surface area contributed by atoms with Crippen LogP contribution in [0.4, 0.5) is 0 Å². The number of hydrogen-bond donors (Lipinski definition) is 0. The summed E-state index contributed by atoms with van der Waals surface area (Å²) in [4.78, 5) is 24.6. The second kappa shape index (κ2) is 7.09. The van der Waals surface area contributed by atoms with E-state index in [0.29, 0.717) is 16.2 Å². The van der Waals surface area contributed by atoms with Crippen molar-refractivity contribution in [3.05, 3.63) is 99.9 Å². The van der Waals surface area contributed by atoms with Crippen LogP contribution in [-0.4, -0.2) is 5.97 Å². The first-order chi connectivity index (χ1) is 13.1. The summed E-state index contributed by atoms with van der Waals surface area (Å²) in [6, 6.07) is 22.6.